The molecule has 0 heterocycles. The fourth-order valence-electron chi connectivity index (χ4n) is 2.55. The highest BCUT2D eigenvalue weighted by atomic mass is 16.5. The highest BCUT2D eigenvalue weighted by Gasteiger charge is 2.08. The van der Waals surface area contributed by atoms with Crippen molar-refractivity contribution >= 4 is 0 Å². The second kappa shape index (κ2) is 8.48. The van der Waals surface area contributed by atoms with E-state index in [1.807, 2.05) is 12.1 Å². The monoisotopic (exact) mass is 283 g/mol. The van der Waals surface area contributed by atoms with Crippen LogP contribution in [0.5, 0.6) is 5.75 Å². The van der Waals surface area contributed by atoms with Crippen molar-refractivity contribution in [2.24, 2.45) is 0 Å². The van der Waals surface area contributed by atoms with Crippen molar-refractivity contribution in [2.75, 3.05) is 13.7 Å². The zero-order valence-corrected chi connectivity index (χ0v) is 13.0. The summed E-state index contributed by atoms with van der Waals surface area (Å²) in [6.45, 7) is 3.26. The third-order valence-corrected chi connectivity index (χ3v) is 3.80. The van der Waals surface area contributed by atoms with Gasteiger partial charge in [0.25, 0.3) is 0 Å². The number of methoxy groups -OCH3 is 1. The molecule has 0 aromatic heterocycles. The third kappa shape index (κ3) is 4.91. The van der Waals surface area contributed by atoms with Gasteiger partial charge in [-0.25, -0.2) is 0 Å². The van der Waals surface area contributed by atoms with E-state index >= 15 is 0 Å². The smallest absolute Gasteiger partial charge is 0.118 e. The van der Waals surface area contributed by atoms with Crippen molar-refractivity contribution in [3.63, 3.8) is 0 Å². The van der Waals surface area contributed by atoms with Gasteiger partial charge in [0, 0.05) is 6.04 Å². The summed E-state index contributed by atoms with van der Waals surface area (Å²) in [5, 5.41) is 3.65. The van der Waals surface area contributed by atoms with Crippen LogP contribution in [-0.4, -0.2) is 13.7 Å². The molecule has 0 aliphatic carbocycles. The van der Waals surface area contributed by atoms with Gasteiger partial charge in [-0.3, -0.25) is 0 Å². The fourth-order valence-corrected chi connectivity index (χ4v) is 2.55. The topological polar surface area (TPSA) is 21.3 Å². The number of rotatable bonds is 8. The van der Waals surface area contributed by atoms with E-state index < -0.39 is 0 Å². The standard InChI is InChI=1S/C19H25NO/c1-3-19(17-11-13-18(21-2)14-12-17)20-15-7-10-16-8-5-4-6-9-16/h4-6,8-9,11-14,19-20H,3,7,10,15H2,1-2H3. The van der Waals surface area contributed by atoms with Gasteiger partial charge in [-0.05, 0) is 49.1 Å². The predicted molar refractivity (Wildman–Crippen MR) is 88.8 cm³/mol. The molecular weight excluding hydrogens is 258 g/mol. The van der Waals surface area contributed by atoms with Gasteiger partial charge in [-0.1, -0.05) is 49.4 Å². The summed E-state index contributed by atoms with van der Waals surface area (Å²) >= 11 is 0. The van der Waals surface area contributed by atoms with Gasteiger partial charge in [0.1, 0.15) is 5.75 Å². The quantitative estimate of drug-likeness (QED) is 0.726. The Morgan fingerprint density at radius 3 is 2.33 bits per heavy atom. The lowest BCUT2D eigenvalue weighted by Gasteiger charge is -2.17. The number of nitrogens with one attached hydrogen (secondary N) is 1. The van der Waals surface area contributed by atoms with Crippen molar-refractivity contribution in [2.45, 2.75) is 32.2 Å². The molecule has 0 radical (unpaired) electrons. The molecule has 0 aliphatic rings. The van der Waals surface area contributed by atoms with E-state index in [9.17, 15) is 0 Å². The zero-order valence-electron chi connectivity index (χ0n) is 13.0. The molecule has 0 aliphatic heterocycles. The SMILES string of the molecule is CCC(NCCCc1ccccc1)c1ccc(OC)cc1. The lowest BCUT2D eigenvalue weighted by atomic mass is 10.0. The van der Waals surface area contributed by atoms with Gasteiger partial charge in [-0.15, -0.1) is 0 Å². The number of benzene rings is 2. The van der Waals surface area contributed by atoms with Crippen molar-refractivity contribution < 1.29 is 4.74 Å². The van der Waals surface area contributed by atoms with Crippen LogP contribution in [0.3, 0.4) is 0 Å². The lowest BCUT2D eigenvalue weighted by molar-refractivity contribution is 0.414. The van der Waals surface area contributed by atoms with Crippen LogP contribution in [-0.2, 0) is 6.42 Å². The molecule has 0 bridgehead atoms. The van der Waals surface area contributed by atoms with Crippen molar-refractivity contribution in [1.29, 1.82) is 0 Å². The van der Waals surface area contributed by atoms with Gasteiger partial charge in [0.05, 0.1) is 7.11 Å². The van der Waals surface area contributed by atoms with Gasteiger partial charge in [-0.2, -0.15) is 0 Å². The summed E-state index contributed by atoms with van der Waals surface area (Å²) in [5.74, 6) is 0.915. The third-order valence-electron chi connectivity index (χ3n) is 3.80. The van der Waals surface area contributed by atoms with E-state index in [-0.39, 0.29) is 0 Å². The van der Waals surface area contributed by atoms with Crippen LogP contribution < -0.4 is 10.1 Å². The first-order valence-corrected chi connectivity index (χ1v) is 7.74. The maximum absolute atomic E-state index is 5.21. The second-order valence-electron chi connectivity index (χ2n) is 5.28. The highest BCUT2D eigenvalue weighted by molar-refractivity contribution is 5.29. The predicted octanol–water partition coefficient (Wildman–Crippen LogP) is 4.37. The minimum atomic E-state index is 0.423. The Kier molecular flexibility index (Phi) is 6.29. The van der Waals surface area contributed by atoms with Crippen LogP contribution in [0, 0.1) is 0 Å². The normalized spacial score (nSPS) is 12.1. The van der Waals surface area contributed by atoms with Gasteiger partial charge >= 0.3 is 0 Å². The summed E-state index contributed by atoms with van der Waals surface area (Å²) in [4.78, 5) is 0. The molecule has 1 unspecified atom stereocenters. The van der Waals surface area contributed by atoms with Crippen molar-refractivity contribution in [3.8, 4) is 5.75 Å². The highest BCUT2D eigenvalue weighted by Crippen LogP contribution is 2.20. The molecule has 1 N–H and O–H groups in total. The molecule has 0 spiro atoms. The summed E-state index contributed by atoms with van der Waals surface area (Å²) in [6.07, 6.45) is 3.39. The van der Waals surface area contributed by atoms with E-state index in [0.29, 0.717) is 6.04 Å². The number of ether oxygens (including phenoxy) is 1. The van der Waals surface area contributed by atoms with E-state index in [1.165, 1.54) is 11.1 Å². The molecule has 2 rings (SSSR count). The second-order valence-corrected chi connectivity index (χ2v) is 5.28. The Balaban J connectivity index is 1.79. The summed E-state index contributed by atoms with van der Waals surface area (Å²) in [6, 6.07) is 19.5. The van der Waals surface area contributed by atoms with Gasteiger partial charge in [0.15, 0.2) is 0 Å². The Hall–Kier alpha value is -1.80. The molecule has 21 heavy (non-hydrogen) atoms. The molecule has 0 amide bonds. The molecule has 0 saturated carbocycles. The Morgan fingerprint density at radius 2 is 1.71 bits per heavy atom. The molecule has 2 aromatic rings. The van der Waals surface area contributed by atoms with Crippen LogP contribution in [0.15, 0.2) is 54.6 Å². The first kappa shape index (κ1) is 15.6. The van der Waals surface area contributed by atoms with E-state index in [4.69, 9.17) is 4.74 Å². The molecular formula is C19H25NO. The van der Waals surface area contributed by atoms with Crippen LogP contribution in [0.1, 0.15) is 36.9 Å². The average Bonchev–Trinajstić information content (AvgIpc) is 2.56. The largest absolute Gasteiger partial charge is 0.497 e. The van der Waals surface area contributed by atoms with Crippen molar-refractivity contribution in [1.82, 2.24) is 5.32 Å². The first-order chi connectivity index (χ1) is 10.3. The van der Waals surface area contributed by atoms with Gasteiger partial charge in [0.2, 0.25) is 0 Å². The van der Waals surface area contributed by atoms with Crippen LogP contribution in [0.2, 0.25) is 0 Å². The molecule has 0 saturated heterocycles. The maximum atomic E-state index is 5.21. The number of hydrogen-bond acceptors (Lipinski definition) is 2. The first-order valence-electron chi connectivity index (χ1n) is 7.74. The zero-order chi connectivity index (χ0) is 14.9. The Bertz CT molecular complexity index is 507. The molecule has 2 nitrogen and oxygen atoms in total. The lowest BCUT2D eigenvalue weighted by Crippen LogP contribution is -2.22. The molecule has 2 aromatic carbocycles. The van der Waals surface area contributed by atoms with E-state index in [1.54, 1.807) is 7.11 Å². The average molecular weight is 283 g/mol. The van der Waals surface area contributed by atoms with E-state index in [2.05, 4.69) is 54.7 Å². The minimum absolute atomic E-state index is 0.423. The van der Waals surface area contributed by atoms with Crippen molar-refractivity contribution in [3.05, 3.63) is 65.7 Å². The van der Waals surface area contributed by atoms with Gasteiger partial charge < -0.3 is 10.1 Å². The summed E-state index contributed by atoms with van der Waals surface area (Å²) in [5.41, 5.74) is 2.75. The number of hydrogen-bond donors (Lipinski definition) is 1. The van der Waals surface area contributed by atoms with Crippen LogP contribution in [0.25, 0.3) is 0 Å². The Morgan fingerprint density at radius 1 is 1.00 bits per heavy atom. The van der Waals surface area contributed by atoms with Crippen LogP contribution in [0.4, 0.5) is 0 Å². The van der Waals surface area contributed by atoms with E-state index in [0.717, 1.165) is 31.6 Å². The Labute approximate surface area is 128 Å². The summed E-state index contributed by atoms with van der Waals surface area (Å²) < 4.78 is 5.21. The number of aryl methyl sites for hydroxylation is 1. The minimum Gasteiger partial charge on any atom is -0.497 e. The molecule has 0 fully saturated rings. The molecule has 2 heteroatoms. The maximum Gasteiger partial charge on any atom is 0.118 e. The molecule has 1 atom stereocenters. The fraction of sp³-hybridized carbons (Fsp3) is 0.368. The molecule has 112 valence electrons. The van der Waals surface area contributed by atoms with Crippen LogP contribution >= 0.6 is 0 Å². The summed E-state index contributed by atoms with van der Waals surface area (Å²) in [7, 11) is 1.70.